The molecular weight excluding hydrogens is 536 g/mol. The van der Waals surface area contributed by atoms with Gasteiger partial charge in [-0.15, -0.1) is 0 Å². The fourth-order valence-corrected chi connectivity index (χ4v) is 6.35. The monoisotopic (exact) mass is 574 g/mol. The van der Waals surface area contributed by atoms with Crippen LogP contribution in [0.15, 0.2) is 71.3 Å². The third-order valence-corrected chi connectivity index (χ3v) is 9.12. The Balaban J connectivity index is 1.28. The molecule has 2 heterocycles. The molecule has 1 saturated carbocycles. The number of aromatic hydroxyl groups is 2. The molecular formula is C36H38N4O3. The second-order valence-electron chi connectivity index (χ2n) is 12.2. The Morgan fingerprint density at radius 1 is 1.00 bits per heavy atom. The van der Waals surface area contributed by atoms with Gasteiger partial charge in [0.05, 0.1) is 23.2 Å². The zero-order valence-electron chi connectivity index (χ0n) is 25.2. The second-order valence-corrected chi connectivity index (χ2v) is 12.2. The van der Waals surface area contributed by atoms with Gasteiger partial charge in [0.2, 0.25) is 11.8 Å². The van der Waals surface area contributed by atoms with Crippen LogP contribution in [0.4, 0.5) is 5.69 Å². The van der Waals surface area contributed by atoms with E-state index in [9.17, 15) is 15.5 Å². The number of rotatable bonds is 10. The molecule has 7 heteroatoms. The van der Waals surface area contributed by atoms with E-state index in [4.69, 9.17) is 4.52 Å². The molecule has 1 aliphatic rings. The normalized spacial score (nSPS) is 15.2. The van der Waals surface area contributed by atoms with Crippen LogP contribution in [-0.2, 0) is 12.0 Å². The summed E-state index contributed by atoms with van der Waals surface area (Å²) in [5.74, 6) is 1.26. The minimum Gasteiger partial charge on any atom is -0.494 e. The summed E-state index contributed by atoms with van der Waals surface area (Å²) in [5.41, 5.74) is 7.12. The molecule has 0 saturated heterocycles. The summed E-state index contributed by atoms with van der Waals surface area (Å²) in [4.78, 5) is 0. The lowest BCUT2D eigenvalue weighted by atomic mass is 9.88. The van der Waals surface area contributed by atoms with Crippen molar-refractivity contribution in [1.29, 1.82) is 5.26 Å². The number of fused-ring (bicyclic) bond motifs is 1. The van der Waals surface area contributed by atoms with E-state index in [1.54, 1.807) is 4.57 Å². The van der Waals surface area contributed by atoms with Crippen LogP contribution >= 0.6 is 0 Å². The molecule has 220 valence electrons. The molecule has 1 fully saturated rings. The summed E-state index contributed by atoms with van der Waals surface area (Å²) in [7, 11) is 0. The maximum atomic E-state index is 10.8. The first kappa shape index (κ1) is 28.4. The van der Waals surface area contributed by atoms with Crippen molar-refractivity contribution in [3.05, 3.63) is 94.9 Å². The third kappa shape index (κ3) is 5.34. The Bertz CT molecular complexity index is 1760. The molecule has 2 aromatic heterocycles. The molecule has 3 aromatic carbocycles. The molecule has 0 amide bonds. The maximum absolute atomic E-state index is 10.8. The van der Waals surface area contributed by atoms with Crippen molar-refractivity contribution in [2.45, 2.75) is 71.4 Å². The van der Waals surface area contributed by atoms with Crippen molar-refractivity contribution in [1.82, 2.24) is 9.72 Å². The molecule has 7 nitrogen and oxygen atoms in total. The Labute approximate surface area is 252 Å². The van der Waals surface area contributed by atoms with E-state index in [0.29, 0.717) is 17.3 Å². The highest BCUT2D eigenvalue weighted by Gasteiger charge is 2.44. The van der Waals surface area contributed by atoms with Gasteiger partial charge in [-0.2, -0.15) is 5.26 Å². The average molecular weight is 575 g/mol. The van der Waals surface area contributed by atoms with Gasteiger partial charge in [0.25, 0.3) is 0 Å². The van der Waals surface area contributed by atoms with Gasteiger partial charge in [0.1, 0.15) is 5.76 Å². The summed E-state index contributed by atoms with van der Waals surface area (Å²) in [6.07, 6.45) is 3.45. The number of anilines is 1. The number of nitrogens with zero attached hydrogens (tertiary/aromatic N) is 3. The van der Waals surface area contributed by atoms with Gasteiger partial charge >= 0.3 is 0 Å². The van der Waals surface area contributed by atoms with Gasteiger partial charge in [0.15, 0.2) is 0 Å². The van der Waals surface area contributed by atoms with E-state index in [2.05, 4.69) is 72.9 Å². The van der Waals surface area contributed by atoms with Gasteiger partial charge in [-0.05, 0) is 105 Å². The van der Waals surface area contributed by atoms with Crippen molar-refractivity contribution >= 4 is 16.5 Å². The molecule has 2 unspecified atom stereocenters. The molecule has 1 aliphatic carbocycles. The Morgan fingerprint density at radius 2 is 1.67 bits per heavy atom. The molecule has 0 radical (unpaired) electrons. The van der Waals surface area contributed by atoms with Crippen molar-refractivity contribution in [2.24, 2.45) is 5.92 Å². The minimum absolute atomic E-state index is 0.00180. The smallest absolute Gasteiger partial charge is 0.202 e. The average Bonchev–Trinajstić information content (AvgIpc) is 3.69. The van der Waals surface area contributed by atoms with Crippen molar-refractivity contribution < 1.29 is 14.7 Å². The van der Waals surface area contributed by atoms with E-state index in [1.165, 1.54) is 11.1 Å². The Hall–Kier alpha value is -4.70. The van der Waals surface area contributed by atoms with Crippen LogP contribution < -0.4 is 5.32 Å². The SMILES string of the molecule is Cc1ccc(-c2c(C)noc2C)cc1C(CC(C)CCn1c(O)c2ccccc2c1O)Nc1ccc(C2(C#N)CC2)cc1. The predicted octanol–water partition coefficient (Wildman–Crippen LogP) is 8.46. The molecule has 5 aromatic rings. The largest absolute Gasteiger partial charge is 0.494 e. The van der Waals surface area contributed by atoms with Gasteiger partial charge in [-0.3, -0.25) is 4.57 Å². The summed E-state index contributed by atoms with van der Waals surface area (Å²) < 4.78 is 7.08. The van der Waals surface area contributed by atoms with Crippen LogP contribution in [0.25, 0.3) is 21.9 Å². The molecule has 2 atom stereocenters. The maximum Gasteiger partial charge on any atom is 0.202 e. The lowest BCUT2D eigenvalue weighted by Gasteiger charge is -2.26. The molecule has 43 heavy (non-hydrogen) atoms. The highest BCUT2D eigenvalue weighted by Crippen LogP contribution is 2.48. The van der Waals surface area contributed by atoms with Crippen LogP contribution in [0, 0.1) is 38.0 Å². The number of aryl methyl sites for hydroxylation is 3. The fraction of sp³-hybridized carbons (Fsp3) is 0.333. The number of hydrogen-bond acceptors (Lipinski definition) is 6. The fourth-order valence-electron chi connectivity index (χ4n) is 6.35. The Kier molecular flexibility index (Phi) is 7.39. The lowest BCUT2D eigenvalue weighted by molar-refractivity contribution is 0.346. The first-order chi connectivity index (χ1) is 20.7. The molecule has 6 rings (SSSR count). The van der Waals surface area contributed by atoms with Crippen LogP contribution in [0.5, 0.6) is 11.8 Å². The number of nitriles is 1. The summed E-state index contributed by atoms with van der Waals surface area (Å²) in [5, 5.41) is 40.5. The van der Waals surface area contributed by atoms with Crippen LogP contribution in [-0.4, -0.2) is 19.9 Å². The van der Waals surface area contributed by atoms with Crippen molar-refractivity contribution in [3.8, 4) is 29.0 Å². The predicted molar refractivity (Wildman–Crippen MR) is 169 cm³/mol. The van der Waals surface area contributed by atoms with E-state index >= 15 is 0 Å². The number of benzene rings is 3. The zero-order chi connectivity index (χ0) is 30.3. The van der Waals surface area contributed by atoms with Gasteiger partial charge in [0, 0.05) is 28.6 Å². The molecule has 0 bridgehead atoms. The summed E-state index contributed by atoms with van der Waals surface area (Å²) in [6, 6.07) is 24.7. The number of aromatic nitrogens is 2. The van der Waals surface area contributed by atoms with Gasteiger partial charge < -0.3 is 20.1 Å². The second kappa shape index (κ2) is 11.2. The van der Waals surface area contributed by atoms with Crippen molar-refractivity contribution in [3.63, 3.8) is 0 Å². The van der Waals surface area contributed by atoms with Crippen LogP contribution in [0.2, 0.25) is 0 Å². The van der Waals surface area contributed by atoms with Gasteiger partial charge in [-0.25, -0.2) is 0 Å². The zero-order valence-corrected chi connectivity index (χ0v) is 25.2. The summed E-state index contributed by atoms with van der Waals surface area (Å²) >= 11 is 0. The van der Waals surface area contributed by atoms with E-state index < -0.39 is 0 Å². The quantitative estimate of drug-likeness (QED) is 0.154. The van der Waals surface area contributed by atoms with E-state index in [1.807, 2.05) is 38.1 Å². The molecule has 0 spiro atoms. The lowest BCUT2D eigenvalue weighted by Crippen LogP contribution is -2.17. The van der Waals surface area contributed by atoms with Gasteiger partial charge in [-0.1, -0.05) is 48.5 Å². The number of nitrogens with one attached hydrogen (secondary N) is 1. The van der Waals surface area contributed by atoms with E-state index in [-0.39, 0.29) is 29.1 Å². The van der Waals surface area contributed by atoms with Crippen LogP contribution in [0.3, 0.4) is 0 Å². The highest BCUT2D eigenvalue weighted by atomic mass is 16.5. The van der Waals surface area contributed by atoms with Crippen LogP contribution in [0.1, 0.15) is 66.8 Å². The number of hydrogen-bond donors (Lipinski definition) is 3. The molecule has 3 N–H and O–H groups in total. The van der Waals surface area contributed by atoms with Crippen molar-refractivity contribution in [2.75, 3.05) is 5.32 Å². The van der Waals surface area contributed by atoms with E-state index in [0.717, 1.165) is 59.5 Å². The molecule has 0 aliphatic heterocycles. The standard InChI is InChI=1S/C36H38N4O3/c1-22(15-18-40-34(41)29-7-5-6-8-30(29)35(40)42)19-32(38-28-13-11-27(12-14-28)36(21-37)16-17-36)31-20-26(10-9-23(31)2)33-24(3)39-43-25(33)4/h5-14,20,22,32,38,41-42H,15-19H2,1-4H3. The first-order valence-electron chi connectivity index (χ1n) is 15.0. The first-order valence-corrected chi connectivity index (χ1v) is 15.0. The topological polar surface area (TPSA) is 107 Å². The minimum atomic E-state index is -0.313. The Morgan fingerprint density at radius 3 is 2.26 bits per heavy atom. The third-order valence-electron chi connectivity index (χ3n) is 9.12. The summed E-state index contributed by atoms with van der Waals surface area (Å²) in [6.45, 7) is 8.77. The highest BCUT2D eigenvalue weighted by molar-refractivity contribution is 5.92.